The van der Waals surface area contributed by atoms with Crippen LogP contribution in [0.25, 0.3) is 0 Å². The first-order valence-electron chi connectivity index (χ1n) is 7.26. The van der Waals surface area contributed by atoms with Gasteiger partial charge in [-0.15, -0.1) is 11.3 Å². The molecule has 0 saturated heterocycles. The Balaban J connectivity index is 1.65. The fourth-order valence-corrected chi connectivity index (χ4v) is 4.38. The number of thiophene rings is 1. The number of fused-ring (bicyclic) bond motifs is 1. The molecule has 1 aromatic heterocycles. The van der Waals surface area contributed by atoms with Gasteiger partial charge in [0.15, 0.2) is 0 Å². The van der Waals surface area contributed by atoms with E-state index in [0.29, 0.717) is 6.42 Å². The fraction of sp³-hybridized carbons (Fsp3) is 0.353. The molecule has 1 atom stereocenters. The van der Waals surface area contributed by atoms with Crippen molar-refractivity contribution in [3.8, 4) is 0 Å². The van der Waals surface area contributed by atoms with Gasteiger partial charge in [0.25, 0.3) is 0 Å². The van der Waals surface area contributed by atoms with Crippen LogP contribution < -0.4 is 0 Å². The lowest BCUT2D eigenvalue weighted by molar-refractivity contribution is -0.133. The molecule has 0 bridgehead atoms. The molecule has 0 aliphatic carbocycles. The molecule has 1 unspecified atom stereocenters. The normalized spacial score (nSPS) is 17.6. The minimum Gasteiger partial charge on any atom is -0.336 e. The van der Waals surface area contributed by atoms with E-state index in [2.05, 4.69) is 40.4 Å². The Morgan fingerprint density at radius 3 is 3.00 bits per heavy atom. The molecule has 1 aromatic carbocycles. The third-order valence-electron chi connectivity index (χ3n) is 4.16. The fourth-order valence-electron chi connectivity index (χ4n) is 2.94. The number of carbonyl (C=O) groups is 1. The molecule has 0 spiro atoms. The summed E-state index contributed by atoms with van der Waals surface area (Å²) in [6.45, 7) is 2.99. The summed E-state index contributed by atoms with van der Waals surface area (Å²) in [5.74, 6) is 0.259. The van der Waals surface area contributed by atoms with Crippen molar-refractivity contribution in [3.63, 3.8) is 0 Å². The Bertz CT molecular complexity index is 652. The smallest absolute Gasteiger partial charge is 0.223 e. The number of halogens is 1. The van der Waals surface area contributed by atoms with Gasteiger partial charge >= 0.3 is 0 Å². The summed E-state index contributed by atoms with van der Waals surface area (Å²) in [5.41, 5.74) is 2.53. The Morgan fingerprint density at radius 2 is 2.19 bits per heavy atom. The quantitative estimate of drug-likeness (QED) is 0.780. The largest absolute Gasteiger partial charge is 0.336 e. The third-order valence-corrected chi connectivity index (χ3v) is 5.93. The highest BCUT2D eigenvalue weighted by atomic mass is 79.9. The van der Waals surface area contributed by atoms with Gasteiger partial charge in [0.2, 0.25) is 5.91 Å². The first kappa shape index (κ1) is 14.8. The second kappa shape index (κ2) is 6.32. The van der Waals surface area contributed by atoms with Crippen LogP contribution in [0.2, 0.25) is 0 Å². The van der Waals surface area contributed by atoms with E-state index in [1.54, 1.807) is 0 Å². The number of benzene rings is 1. The number of hydrogen-bond donors (Lipinski definition) is 0. The molecule has 110 valence electrons. The van der Waals surface area contributed by atoms with E-state index in [4.69, 9.17) is 0 Å². The minimum absolute atomic E-state index is 0.215. The molecule has 0 N–H and O–H groups in total. The van der Waals surface area contributed by atoms with Gasteiger partial charge in [-0.1, -0.05) is 34.1 Å². The summed E-state index contributed by atoms with van der Waals surface area (Å²) in [6.07, 6.45) is 2.37. The third kappa shape index (κ3) is 3.06. The molecule has 0 radical (unpaired) electrons. The first-order chi connectivity index (χ1) is 10.2. The highest BCUT2D eigenvalue weighted by Crippen LogP contribution is 2.33. The summed E-state index contributed by atoms with van der Waals surface area (Å²) in [4.78, 5) is 16.0. The zero-order chi connectivity index (χ0) is 14.8. The summed E-state index contributed by atoms with van der Waals surface area (Å²) in [7, 11) is 0. The highest BCUT2D eigenvalue weighted by molar-refractivity contribution is 9.10. The van der Waals surface area contributed by atoms with Crippen molar-refractivity contribution in [2.24, 2.45) is 0 Å². The van der Waals surface area contributed by atoms with Crippen molar-refractivity contribution >= 4 is 33.2 Å². The van der Waals surface area contributed by atoms with E-state index in [0.717, 1.165) is 23.9 Å². The number of carbonyl (C=O) groups excluding carboxylic acids is 1. The predicted molar refractivity (Wildman–Crippen MR) is 90.6 cm³/mol. The maximum atomic E-state index is 12.5. The number of amides is 1. The van der Waals surface area contributed by atoms with Crippen molar-refractivity contribution in [1.29, 1.82) is 0 Å². The van der Waals surface area contributed by atoms with Crippen LogP contribution in [-0.4, -0.2) is 17.4 Å². The molecule has 2 nitrogen and oxygen atoms in total. The lowest BCUT2D eigenvalue weighted by Gasteiger charge is -2.33. The monoisotopic (exact) mass is 363 g/mol. The highest BCUT2D eigenvalue weighted by Gasteiger charge is 2.27. The minimum atomic E-state index is 0.215. The van der Waals surface area contributed by atoms with Crippen molar-refractivity contribution in [3.05, 3.63) is 56.2 Å². The Kier molecular flexibility index (Phi) is 4.45. The number of nitrogens with zero attached hydrogens (tertiary/aromatic N) is 1. The maximum absolute atomic E-state index is 12.5. The van der Waals surface area contributed by atoms with Crippen LogP contribution in [0.3, 0.4) is 0 Å². The molecule has 0 saturated carbocycles. The molecular weight excluding hydrogens is 346 g/mol. The average molecular weight is 364 g/mol. The van der Waals surface area contributed by atoms with E-state index in [-0.39, 0.29) is 11.9 Å². The molecular formula is C17H18BrNOS. The van der Waals surface area contributed by atoms with Crippen LogP contribution in [0.4, 0.5) is 0 Å². The van der Waals surface area contributed by atoms with Gasteiger partial charge < -0.3 is 4.90 Å². The van der Waals surface area contributed by atoms with Gasteiger partial charge in [-0.05, 0) is 48.4 Å². The number of rotatable bonds is 3. The van der Waals surface area contributed by atoms with E-state index in [1.165, 1.54) is 16.0 Å². The van der Waals surface area contributed by atoms with Crippen LogP contribution in [0.1, 0.15) is 35.4 Å². The number of hydrogen-bond acceptors (Lipinski definition) is 2. The van der Waals surface area contributed by atoms with Crippen LogP contribution in [0.5, 0.6) is 0 Å². The predicted octanol–water partition coefficient (Wildman–Crippen LogP) is 4.59. The second-order valence-electron chi connectivity index (χ2n) is 5.40. The van der Waals surface area contributed by atoms with Gasteiger partial charge in [-0.3, -0.25) is 4.79 Å². The van der Waals surface area contributed by atoms with Gasteiger partial charge in [0.1, 0.15) is 0 Å². The molecule has 2 heterocycles. The number of aryl methyl sites for hydroxylation is 1. The van der Waals surface area contributed by atoms with Crippen LogP contribution in [0.15, 0.2) is 40.2 Å². The molecule has 21 heavy (non-hydrogen) atoms. The summed E-state index contributed by atoms with van der Waals surface area (Å²) in [6, 6.07) is 10.5. The lowest BCUT2D eigenvalue weighted by Crippen LogP contribution is -2.38. The SMILES string of the molecule is CC1c2ccsc2CCN1C(=O)CCc1ccccc1Br. The second-order valence-corrected chi connectivity index (χ2v) is 7.26. The molecule has 2 aromatic rings. The topological polar surface area (TPSA) is 20.3 Å². The average Bonchev–Trinajstić information content (AvgIpc) is 2.96. The van der Waals surface area contributed by atoms with Crippen molar-refractivity contribution in [2.75, 3.05) is 6.54 Å². The molecule has 4 heteroatoms. The van der Waals surface area contributed by atoms with Gasteiger partial charge in [-0.2, -0.15) is 0 Å². The first-order valence-corrected chi connectivity index (χ1v) is 8.93. The Morgan fingerprint density at radius 1 is 1.38 bits per heavy atom. The van der Waals surface area contributed by atoms with Crippen molar-refractivity contribution in [2.45, 2.75) is 32.2 Å². The van der Waals surface area contributed by atoms with Crippen LogP contribution in [-0.2, 0) is 17.6 Å². The summed E-state index contributed by atoms with van der Waals surface area (Å²) < 4.78 is 1.09. The lowest BCUT2D eigenvalue weighted by atomic mass is 10.0. The molecule has 0 fully saturated rings. The van der Waals surface area contributed by atoms with E-state index >= 15 is 0 Å². The molecule has 3 rings (SSSR count). The zero-order valence-electron chi connectivity index (χ0n) is 12.0. The zero-order valence-corrected chi connectivity index (χ0v) is 14.4. The van der Waals surface area contributed by atoms with Crippen LogP contribution in [0, 0.1) is 0 Å². The maximum Gasteiger partial charge on any atom is 0.223 e. The Hall–Kier alpha value is -1.13. The summed E-state index contributed by atoms with van der Waals surface area (Å²) >= 11 is 5.36. The van der Waals surface area contributed by atoms with E-state index in [9.17, 15) is 4.79 Å². The van der Waals surface area contributed by atoms with Gasteiger partial charge in [0, 0.05) is 22.3 Å². The van der Waals surface area contributed by atoms with E-state index in [1.807, 2.05) is 34.4 Å². The molecule has 1 aliphatic heterocycles. The van der Waals surface area contributed by atoms with E-state index < -0.39 is 0 Å². The summed E-state index contributed by atoms with van der Waals surface area (Å²) in [5, 5.41) is 2.14. The molecule has 1 aliphatic rings. The molecule has 1 amide bonds. The Labute approximate surface area is 137 Å². The van der Waals surface area contributed by atoms with Crippen LogP contribution >= 0.6 is 27.3 Å². The van der Waals surface area contributed by atoms with Crippen molar-refractivity contribution < 1.29 is 4.79 Å². The standard InChI is InChI=1S/C17H18BrNOS/c1-12-14-9-11-21-16(14)8-10-19(12)17(20)7-6-13-4-2-3-5-15(13)18/h2-5,9,11-12H,6-8,10H2,1H3. The van der Waals surface area contributed by atoms with Gasteiger partial charge in [-0.25, -0.2) is 0 Å². The van der Waals surface area contributed by atoms with Crippen molar-refractivity contribution in [1.82, 2.24) is 4.90 Å². The van der Waals surface area contributed by atoms with Gasteiger partial charge in [0.05, 0.1) is 6.04 Å².